The van der Waals surface area contributed by atoms with E-state index in [1.807, 2.05) is 24.3 Å². The molecule has 1 aromatic carbocycles. The molecule has 17 heavy (non-hydrogen) atoms. The number of hydrogen-bond acceptors (Lipinski definition) is 4. The highest BCUT2D eigenvalue weighted by Crippen LogP contribution is 2.21. The summed E-state index contributed by atoms with van der Waals surface area (Å²) in [6, 6.07) is 8.11. The van der Waals surface area contributed by atoms with E-state index in [1.54, 1.807) is 18.1 Å². The number of rotatable bonds is 4. The van der Waals surface area contributed by atoms with Crippen LogP contribution < -0.4 is 10.5 Å². The van der Waals surface area contributed by atoms with Crippen molar-refractivity contribution in [2.24, 2.45) is 12.8 Å². The van der Waals surface area contributed by atoms with Crippen LogP contribution in [0, 0.1) is 0 Å². The maximum atomic E-state index is 5.93. The topological polar surface area (TPSA) is 66.0 Å². The number of aromatic nitrogens is 3. The van der Waals surface area contributed by atoms with E-state index < -0.39 is 0 Å². The van der Waals surface area contributed by atoms with E-state index in [0.29, 0.717) is 11.8 Å². The van der Waals surface area contributed by atoms with Gasteiger partial charge in [0, 0.05) is 13.1 Å². The van der Waals surface area contributed by atoms with E-state index in [9.17, 15) is 0 Å². The van der Waals surface area contributed by atoms with Gasteiger partial charge in [0.25, 0.3) is 0 Å². The highest BCUT2D eigenvalue weighted by molar-refractivity contribution is 5.30. The smallest absolute Gasteiger partial charge is 0.340 e. The minimum absolute atomic E-state index is 0.0806. The second-order valence-corrected chi connectivity index (χ2v) is 3.89. The van der Waals surface area contributed by atoms with Gasteiger partial charge in [-0.1, -0.05) is 19.1 Å². The Kier molecular flexibility index (Phi) is 3.39. The first-order chi connectivity index (χ1) is 8.19. The normalized spacial score (nSPS) is 12.4. The van der Waals surface area contributed by atoms with Gasteiger partial charge in [-0.05, 0) is 24.1 Å². The van der Waals surface area contributed by atoms with Crippen LogP contribution in [-0.2, 0) is 7.05 Å². The zero-order chi connectivity index (χ0) is 12.3. The van der Waals surface area contributed by atoms with Crippen molar-refractivity contribution in [3.63, 3.8) is 0 Å². The Labute approximate surface area is 100 Å². The quantitative estimate of drug-likeness (QED) is 0.875. The lowest BCUT2D eigenvalue weighted by atomic mass is 10.1. The molecule has 0 aliphatic carbocycles. The minimum atomic E-state index is 0.0806. The van der Waals surface area contributed by atoms with Crippen LogP contribution in [-0.4, -0.2) is 14.8 Å². The van der Waals surface area contributed by atoms with Crippen molar-refractivity contribution in [2.75, 3.05) is 0 Å². The molecule has 0 fully saturated rings. The van der Waals surface area contributed by atoms with E-state index in [2.05, 4.69) is 17.0 Å². The molecule has 0 amide bonds. The maximum Gasteiger partial charge on any atom is 0.340 e. The molecule has 0 saturated heterocycles. The number of nitrogens with two attached hydrogens (primary N) is 1. The Hall–Kier alpha value is -1.88. The lowest BCUT2D eigenvalue weighted by Crippen LogP contribution is -2.08. The SMILES string of the molecule is CC[C@H](N)c1ccc(Oc2ncn(C)n2)cc1. The predicted molar refractivity (Wildman–Crippen MR) is 64.7 cm³/mol. The second kappa shape index (κ2) is 4.97. The van der Waals surface area contributed by atoms with E-state index >= 15 is 0 Å². The molecule has 0 unspecified atom stereocenters. The van der Waals surface area contributed by atoms with Gasteiger partial charge < -0.3 is 10.5 Å². The van der Waals surface area contributed by atoms with Gasteiger partial charge in [-0.15, -0.1) is 5.10 Å². The van der Waals surface area contributed by atoms with E-state index in [0.717, 1.165) is 12.0 Å². The average Bonchev–Trinajstić information content (AvgIpc) is 2.75. The molecule has 2 aromatic rings. The molecule has 5 nitrogen and oxygen atoms in total. The fraction of sp³-hybridized carbons (Fsp3) is 0.333. The van der Waals surface area contributed by atoms with Crippen molar-refractivity contribution in [1.82, 2.24) is 14.8 Å². The van der Waals surface area contributed by atoms with Crippen LogP contribution in [0.15, 0.2) is 30.6 Å². The van der Waals surface area contributed by atoms with Crippen LogP contribution in [0.25, 0.3) is 0 Å². The lowest BCUT2D eigenvalue weighted by Gasteiger charge is -2.09. The number of hydrogen-bond donors (Lipinski definition) is 1. The first-order valence-electron chi connectivity index (χ1n) is 5.58. The Bertz CT molecular complexity index is 478. The summed E-state index contributed by atoms with van der Waals surface area (Å²) in [7, 11) is 1.79. The van der Waals surface area contributed by atoms with E-state index in [-0.39, 0.29) is 6.04 Å². The predicted octanol–water partition coefficient (Wildman–Crippen LogP) is 2.02. The molecule has 2 N–H and O–H groups in total. The summed E-state index contributed by atoms with van der Waals surface area (Å²) in [5, 5.41) is 4.04. The summed E-state index contributed by atoms with van der Waals surface area (Å²) in [5.74, 6) is 0.711. The van der Waals surface area contributed by atoms with Crippen LogP contribution in [0.1, 0.15) is 24.9 Å². The highest BCUT2D eigenvalue weighted by Gasteiger charge is 2.05. The van der Waals surface area contributed by atoms with Gasteiger partial charge in [-0.25, -0.2) is 0 Å². The molecule has 1 heterocycles. The Morgan fingerprint density at radius 3 is 2.59 bits per heavy atom. The van der Waals surface area contributed by atoms with Crippen LogP contribution in [0.3, 0.4) is 0 Å². The van der Waals surface area contributed by atoms with Crippen LogP contribution in [0.2, 0.25) is 0 Å². The van der Waals surface area contributed by atoms with Gasteiger partial charge in [0.2, 0.25) is 0 Å². The summed E-state index contributed by atoms with van der Waals surface area (Å²) in [6.07, 6.45) is 2.51. The summed E-state index contributed by atoms with van der Waals surface area (Å²) < 4.78 is 7.08. The van der Waals surface area contributed by atoms with E-state index in [4.69, 9.17) is 10.5 Å². The number of benzene rings is 1. The molecule has 0 aliphatic rings. The third kappa shape index (κ3) is 2.82. The molecule has 1 atom stereocenters. The van der Waals surface area contributed by atoms with Gasteiger partial charge in [0.15, 0.2) is 0 Å². The first-order valence-corrected chi connectivity index (χ1v) is 5.58. The van der Waals surface area contributed by atoms with Crippen molar-refractivity contribution >= 4 is 0 Å². The van der Waals surface area contributed by atoms with Crippen LogP contribution in [0.5, 0.6) is 11.8 Å². The summed E-state index contributed by atoms with van der Waals surface area (Å²) >= 11 is 0. The van der Waals surface area contributed by atoms with Gasteiger partial charge in [0.1, 0.15) is 12.1 Å². The monoisotopic (exact) mass is 232 g/mol. The van der Waals surface area contributed by atoms with Gasteiger partial charge in [-0.3, -0.25) is 4.68 Å². The summed E-state index contributed by atoms with van der Waals surface area (Å²) in [4.78, 5) is 3.99. The van der Waals surface area contributed by atoms with Crippen molar-refractivity contribution in [1.29, 1.82) is 0 Å². The molecule has 0 bridgehead atoms. The lowest BCUT2D eigenvalue weighted by molar-refractivity contribution is 0.438. The number of ether oxygens (including phenoxy) is 1. The van der Waals surface area contributed by atoms with Crippen molar-refractivity contribution in [2.45, 2.75) is 19.4 Å². The highest BCUT2D eigenvalue weighted by atomic mass is 16.5. The fourth-order valence-corrected chi connectivity index (χ4v) is 1.49. The van der Waals surface area contributed by atoms with Crippen molar-refractivity contribution in [3.8, 4) is 11.8 Å². The molecule has 0 saturated carbocycles. The van der Waals surface area contributed by atoms with E-state index in [1.165, 1.54) is 0 Å². The molecule has 2 rings (SSSR count). The summed E-state index contributed by atoms with van der Waals surface area (Å²) in [6.45, 7) is 2.06. The molecule has 0 aliphatic heterocycles. The molecular formula is C12H16N4O. The second-order valence-electron chi connectivity index (χ2n) is 3.89. The van der Waals surface area contributed by atoms with Crippen LogP contribution >= 0.6 is 0 Å². The largest absolute Gasteiger partial charge is 0.423 e. The van der Waals surface area contributed by atoms with Gasteiger partial charge in [-0.2, -0.15) is 4.98 Å². The third-order valence-electron chi connectivity index (χ3n) is 2.54. The Balaban J connectivity index is 2.08. The van der Waals surface area contributed by atoms with Crippen molar-refractivity contribution < 1.29 is 4.74 Å². The first kappa shape index (κ1) is 11.6. The molecule has 0 spiro atoms. The number of nitrogens with zero attached hydrogens (tertiary/aromatic N) is 3. The van der Waals surface area contributed by atoms with Gasteiger partial charge >= 0.3 is 6.01 Å². The third-order valence-corrected chi connectivity index (χ3v) is 2.54. The zero-order valence-electron chi connectivity index (χ0n) is 10.00. The van der Waals surface area contributed by atoms with Crippen LogP contribution in [0.4, 0.5) is 0 Å². The standard InChI is InChI=1S/C12H16N4O/c1-3-11(13)9-4-6-10(7-5-9)17-12-14-8-16(2)15-12/h4-8,11H,3,13H2,1-2H3/t11-/m0/s1. The molecule has 1 aromatic heterocycles. The maximum absolute atomic E-state index is 5.93. The number of aryl methyl sites for hydroxylation is 1. The Morgan fingerprint density at radius 2 is 2.06 bits per heavy atom. The molecular weight excluding hydrogens is 216 g/mol. The molecule has 5 heteroatoms. The van der Waals surface area contributed by atoms with Crippen molar-refractivity contribution in [3.05, 3.63) is 36.2 Å². The fourth-order valence-electron chi connectivity index (χ4n) is 1.49. The zero-order valence-corrected chi connectivity index (χ0v) is 10.00. The molecule has 0 radical (unpaired) electrons. The average molecular weight is 232 g/mol. The molecule has 90 valence electrons. The summed E-state index contributed by atoms with van der Waals surface area (Å²) in [5.41, 5.74) is 7.04. The Morgan fingerprint density at radius 1 is 1.35 bits per heavy atom. The van der Waals surface area contributed by atoms with Gasteiger partial charge in [0.05, 0.1) is 0 Å². The minimum Gasteiger partial charge on any atom is -0.423 e.